The summed E-state index contributed by atoms with van der Waals surface area (Å²) in [5.41, 5.74) is 1.53. The predicted octanol–water partition coefficient (Wildman–Crippen LogP) is 5.58. The number of hydrogen-bond donors (Lipinski definition) is 0. The highest BCUT2D eigenvalue weighted by atomic mass is 79.9. The third-order valence-electron chi connectivity index (χ3n) is 2.57. The molecule has 0 amide bonds. The van der Waals surface area contributed by atoms with Crippen molar-refractivity contribution in [2.24, 2.45) is 0 Å². The standard InChI is InChI=1S/C13H15BrS2/c14-8-3-1-2-5-11-7-10-16-13(11)12-6-4-9-15-12/h4,6-7,9-10H,1-3,5,8H2. The van der Waals surface area contributed by atoms with E-state index >= 15 is 0 Å². The van der Waals surface area contributed by atoms with Crippen LogP contribution in [-0.4, -0.2) is 5.33 Å². The molecule has 0 N–H and O–H groups in total. The molecule has 0 aromatic carbocycles. The van der Waals surface area contributed by atoms with Crippen molar-refractivity contribution in [2.45, 2.75) is 25.7 Å². The van der Waals surface area contributed by atoms with Crippen LogP contribution in [0.2, 0.25) is 0 Å². The second-order valence-electron chi connectivity index (χ2n) is 3.75. The Balaban J connectivity index is 1.97. The van der Waals surface area contributed by atoms with Gasteiger partial charge in [0.05, 0.1) is 0 Å². The maximum Gasteiger partial charge on any atom is 0.0474 e. The van der Waals surface area contributed by atoms with E-state index in [1.54, 1.807) is 0 Å². The summed E-state index contributed by atoms with van der Waals surface area (Å²) in [4.78, 5) is 2.90. The van der Waals surface area contributed by atoms with Crippen molar-refractivity contribution in [3.8, 4) is 9.75 Å². The average molecular weight is 315 g/mol. The Morgan fingerprint density at radius 2 is 1.94 bits per heavy atom. The van der Waals surface area contributed by atoms with Gasteiger partial charge in [0.1, 0.15) is 0 Å². The Kier molecular flexibility index (Phi) is 5.07. The molecule has 86 valence electrons. The summed E-state index contributed by atoms with van der Waals surface area (Å²) in [6.07, 6.45) is 5.15. The molecule has 0 saturated carbocycles. The summed E-state index contributed by atoms with van der Waals surface area (Å²) < 4.78 is 0. The van der Waals surface area contributed by atoms with Gasteiger partial charge >= 0.3 is 0 Å². The molecule has 2 rings (SSSR count). The fraction of sp³-hybridized carbons (Fsp3) is 0.385. The van der Waals surface area contributed by atoms with Crippen molar-refractivity contribution in [1.82, 2.24) is 0 Å². The average Bonchev–Trinajstić information content (AvgIpc) is 2.94. The van der Waals surface area contributed by atoms with E-state index in [0.29, 0.717) is 0 Å². The second kappa shape index (κ2) is 6.58. The highest BCUT2D eigenvalue weighted by Crippen LogP contribution is 2.33. The molecule has 0 nitrogen and oxygen atoms in total. The van der Waals surface area contributed by atoms with Gasteiger partial charge in [0, 0.05) is 15.1 Å². The van der Waals surface area contributed by atoms with E-state index in [4.69, 9.17) is 0 Å². The quantitative estimate of drug-likeness (QED) is 0.482. The van der Waals surface area contributed by atoms with E-state index in [0.717, 1.165) is 5.33 Å². The monoisotopic (exact) mass is 314 g/mol. The third-order valence-corrected chi connectivity index (χ3v) is 5.14. The van der Waals surface area contributed by atoms with Crippen molar-refractivity contribution in [1.29, 1.82) is 0 Å². The van der Waals surface area contributed by atoms with E-state index in [9.17, 15) is 0 Å². The Hall–Kier alpha value is -0.120. The normalized spacial score (nSPS) is 10.8. The molecular weight excluding hydrogens is 300 g/mol. The van der Waals surface area contributed by atoms with Gasteiger partial charge in [0.25, 0.3) is 0 Å². The van der Waals surface area contributed by atoms with Crippen LogP contribution in [0.25, 0.3) is 9.75 Å². The molecule has 2 heterocycles. The van der Waals surface area contributed by atoms with Crippen molar-refractivity contribution < 1.29 is 0 Å². The van der Waals surface area contributed by atoms with Crippen LogP contribution in [0.5, 0.6) is 0 Å². The molecule has 0 aliphatic carbocycles. The lowest BCUT2D eigenvalue weighted by Gasteiger charge is -2.01. The molecule has 0 spiro atoms. The predicted molar refractivity (Wildman–Crippen MR) is 79.0 cm³/mol. The van der Waals surface area contributed by atoms with Crippen molar-refractivity contribution in [3.63, 3.8) is 0 Å². The Morgan fingerprint density at radius 1 is 1.00 bits per heavy atom. The van der Waals surface area contributed by atoms with Gasteiger partial charge in [0.2, 0.25) is 0 Å². The summed E-state index contributed by atoms with van der Waals surface area (Å²) in [6, 6.07) is 6.64. The fourth-order valence-electron chi connectivity index (χ4n) is 1.74. The molecule has 0 unspecified atom stereocenters. The van der Waals surface area contributed by atoms with Gasteiger partial charge in [-0.05, 0) is 47.7 Å². The number of thiophene rings is 2. The van der Waals surface area contributed by atoms with Gasteiger partial charge in [-0.25, -0.2) is 0 Å². The first-order valence-electron chi connectivity index (χ1n) is 5.58. The van der Waals surface area contributed by atoms with Crippen LogP contribution < -0.4 is 0 Å². The highest BCUT2D eigenvalue weighted by Gasteiger charge is 2.07. The van der Waals surface area contributed by atoms with Crippen LogP contribution in [0.3, 0.4) is 0 Å². The molecule has 16 heavy (non-hydrogen) atoms. The third kappa shape index (κ3) is 3.19. The zero-order valence-corrected chi connectivity index (χ0v) is 12.3. The molecule has 0 fully saturated rings. The largest absolute Gasteiger partial charge is 0.143 e. The molecule has 0 aliphatic rings. The van der Waals surface area contributed by atoms with E-state index in [2.05, 4.69) is 44.9 Å². The molecule has 0 aliphatic heterocycles. The summed E-state index contributed by atoms with van der Waals surface area (Å²) in [5, 5.41) is 5.51. The van der Waals surface area contributed by atoms with Gasteiger partial charge in [-0.1, -0.05) is 28.4 Å². The molecule has 2 aromatic rings. The first-order chi connectivity index (χ1) is 7.92. The molecule has 0 saturated heterocycles. The second-order valence-corrected chi connectivity index (χ2v) is 6.41. The van der Waals surface area contributed by atoms with E-state index < -0.39 is 0 Å². The van der Waals surface area contributed by atoms with Gasteiger partial charge in [0.15, 0.2) is 0 Å². The number of aryl methyl sites for hydroxylation is 1. The lowest BCUT2D eigenvalue weighted by molar-refractivity contribution is 0.726. The number of rotatable bonds is 6. The fourth-order valence-corrected chi connectivity index (χ4v) is 4.00. The van der Waals surface area contributed by atoms with Crippen molar-refractivity contribution in [2.75, 3.05) is 5.33 Å². The summed E-state index contributed by atoms with van der Waals surface area (Å²) in [5.74, 6) is 0. The van der Waals surface area contributed by atoms with Gasteiger partial charge in [-0.2, -0.15) is 0 Å². The van der Waals surface area contributed by atoms with Crippen molar-refractivity contribution >= 4 is 38.6 Å². The maximum atomic E-state index is 3.48. The van der Waals surface area contributed by atoms with Gasteiger partial charge in [-0.15, -0.1) is 22.7 Å². The van der Waals surface area contributed by atoms with Crippen LogP contribution >= 0.6 is 38.6 Å². The Bertz CT molecular complexity index is 403. The number of alkyl halides is 1. The Labute approximate surface area is 113 Å². The number of halogens is 1. The molecule has 0 radical (unpaired) electrons. The van der Waals surface area contributed by atoms with Gasteiger partial charge in [-0.3, -0.25) is 0 Å². The zero-order valence-electron chi connectivity index (χ0n) is 9.12. The van der Waals surface area contributed by atoms with Crippen LogP contribution in [0.15, 0.2) is 29.0 Å². The minimum absolute atomic E-state index is 1.13. The molecule has 2 aromatic heterocycles. The van der Waals surface area contributed by atoms with E-state index in [-0.39, 0.29) is 0 Å². The topological polar surface area (TPSA) is 0 Å². The van der Waals surface area contributed by atoms with E-state index in [1.165, 1.54) is 41.0 Å². The first-order valence-corrected chi connectivity index (χ1v) is 8.46. The molecule has 0 bridgehead atoms. The molecule has 0 atom stereocenters. The van der Waals surface area contributed by atoms with Crippen LogP contribution in [0.4, 0.5) is 0 Å². The Morgan fingerprint density at radius 3 is 2.69 bits per heavy atom. The van der Waals surface area contributed by atoms with Crippen LogP contribution in [0.1, 0.15) is 24.8 Å². The first kappa shape index (κ1) is 12.3. The van der Waals surface area contributed by atoms with Crippen LogP contribution in [0, 0.1) is 0 Å². The maximum absolute atomic E-state index is 3.48. The molecular formula is C13H15BrS2. The minimum atomic E-state index is 1.13. The smallest absolute Gasteiger partial charge is 0.0474 e. The van der Waals surface area contributed by atoms with E-state index in [1.807, 2.05) is 22.7 Å². The number of hydrogen-bond acceptors (Lipinski definition) is 2. The number of unbranched alkanes of at least 4 members (excludes halogenated alkanes) is 2. The summed E-state index contributed by atoms with van der Waals surface area (Å²) in [7, 11) is 0. The molecule has 3 heteroatoms. The summed E-state index contributed by atoms with van der Waals surface area (Å²) >= 11 is 7.19. The highest BCUT2D eigenvalue weighted by molar-refractivity contribution is 9.09. The summed E-state index contributed by atoms with van der Waals surface area (Å²) in [6.45, 7) is 0. The lowest BCUT2D eigenvalue weighted by atomic mass is 10.1. The SMILES string of the molecule is BrCCCCCc1ccsc1-c1cccs1. The van der Waals surface area contributed by atoms with Gasteiger partial charge < -0.3 is 0 Å². The zero-order chi connectivity index (χ0) is 11.2. The van der Waals surface area contributed by atoms with Crippen LogP contribution in [-0.2, 0) is 6.42 Å². The lowest BCUT2D eigenvalue weighted by Crippen LogP contribution is -1.85. The van der Waals surface area contributed by atoms with Crippen molar-refractivity contribution in [3.05, 3.63) is 34.5 Å². The minimum Gasteiger partial charge on any atom is -0.143 e.